The Morgan fingerprint density at radius 1 is 1.75 bits per heavy atom. The van der Waals surface area contributed by atoms with Crippen LogP contribution in [0.4, 0.5) is 0 Å². The Kier molecular flexibility index (Phi) is 3.10. The molecule has 0 saturated carbocycles. The fourth-order valence-electron chi connectivity index (χ4n) is 0.936. The molecule has 4 heteroatoms. The van der Waals surface area contributed by atoms with Crippen molar-refractivity contribution in [3.8, 4) is 0 Å². The Bertz CT molecular complexity index is 246. The van der Waals surface area contributed by atoms with Crippen molar-refractivity contribution < 1.29 is 4.42 Å². The van der Waals surface area contributed by atoms with Gasteiger partial charge in [-0.25, -0.2) is 0 Å². The van der Waals surface area contributed by atoms with E-state index in [1.165, 1.54) is 0 Å². The van der Waals surface area contributed by atoms with Crippen molar-refractivity contribution in [2.45, 2.75) is 13.5 Å². The Hall–Kier alpha value is -1.03. The molecule has 1 aromatic heterocycles. The third kappa shape index (κ3) is 2.23. The van der Waals surface area contributed by atoms with Crippen LogP contribution >= 0.6 is 12.2 Å². The van der Waals surface area contributed by atoms with E-state index in [-0.39, 0.29) is 0 Å². The van der Waals surface area contributed by atoms with Crippen molar-refractivity contribution in [1.29, 1.82) is 0 Å². The molecule has 0 aliphatic heterocycles. The summed E-state index contributed by atoms with van der Waals surface area (Å²) in [6.07, 6.45) is 1.64. The van der Waals surface area contributed by atoms with Crippen LogP contribution in [0.5, 0.6) is 0 Å². The molecule has 0 aliphatic rings. The van der Waals surface area contributed by atoms with Crippen molar-refractivity contribution in [2.75, 3.05) is 6.54 Å². The highest BCUT2D eigenvalue weighted by Gasteiger charge is 2.05. The van der Waals surface area contributed by atoms with Crippen LogP contribution in [0.1, 0.15) is 12.7 Å². The highest BCUT2D eigenvalue weighted by atomic mass is 32.1. The van der Waals surface area contributed by atoms with Crippen LogP contribution in [0.15, 0.2) is 22.8 Å². The van der Waals surface area contributed by atoms with Gasteiger partial charge in [0.25, 0.3) is 0 Å². The largest absolute Gasteiger partial charge is 0.467 e. The van der Waals surface area contributed by atoms with E-state index in [0.717, 1.165) is 12.3 Å². The summed E-state index contributed by atoms with van der Waals surface area (Å²) in [5.41, 5.74) is 5.48. The number of hydrogen-bond acceptors (Lipinski definition) is 2. The predicted molar refractivity (Wildman–Crippen MR) is 51.6 cm³/mol. The van der Waals surface area contributed by atoms with Crippen LogP contribution in [-0.4, -0.2) is 16.6 Å². The van der Waals surface area contributed by atoms with E-state index < -0.39 is 0 Å². The lowest BCUT2D eigenvalue weighted by atomic mass is 10.4. The molecule has 2 N–H and O–H groups in total. The molecule has 1 aromatic rings. The lowest BCUT2D eigenvalue weighted by molar-refractivity contribution is 0.377. The summed E-state index contributed by atoms with van der Waals surface area (Å²) in [5.74, 6) is 0.879. The minimum atomic E-state index is 0.411. The molecule has 0 amide bonds. The van der Waals surface area contributed by atoms with Gasteiger partial charge in [0.15, 0.2) is 5.11 Å². The molecule has 0 atom stereocenters. The number of furan rings is 1. The number of nitrogens with zero attached hydrogens (tertiary/aromatic N) is 1. The SMILES string of the molecule is CCN(Cc1ccco1)C(N)=S. The van der Waals surface area contributed by atoms with Crippen molar-refractivity contribution in [3.05, 3.63) is 24.2 Å². The smallest absolute Gasteiger partial charge is 0.166 e. The highest BCUT2D eigenvalue weighted by Crippen LogP contribution is 2.04. The summed E-state index contributed by atoms with van der Waals surface area (Å²) < 4.78 is 5.16. The standard InChI is InChI=1S/C8H12N2OS/c1-2-10(8(9)12)6-7-4-3-5-11-7/h3-5H,2,6H2,1H3,(H2,9,12). The Morgan fingerprint density at radius 2 is 2.50 bits per heavy atom. The summed E-state index contributed by atoms with van der Waals surface area (Å²) in [6, 6.07) is 3.75. The lowest BCUT2D eigenvalue weighted by Crippen LogP contribution is -2.34. The Labute approximate surface area is 77.1 Å². The van der Waals surface area contributed by atoms with Gasteiger partial charge in [0.2, 0.25) is 0 Å². The zero-order valence-electron chi connectivity index (χ0n) is 6.99. The molecule has 0 aromatic carbocycles. The Morgan fingerprint density at radius 3 is 2.92 bits per heavy atom. The average molecular weight is 184 g/mol. The van der Waals surface area contributed by atoms with Gasteiger partial charge >= 0.3 is 0 Å². The van der Waals surface area contributed by atoms with Gasteiger partial charge in [0.05, 0.1) is 12.8 Å². The molecule has 0 saturated heterocycles. The molecule has 0 radical (unpaired) electrons. The van der Waals surface area contributed by atoms with Crippen LogP contribution < -0.4 is 5.73 Å². The fraction of sp³-hybridized carbons (Fsp3) is 0.375. The van der Waals surface area contributed by atoms with Crippen LogP contribution in [0, 0.1) is 0 Å². The quantitative estimate of drug-likeness (QED) is 0.720. The molecule has 0 fully saturated rings. The van der Waals surface area contributed by atoms with Crippen molar-refractivity contribution in [2.24, 2.45) is 5.73 Å². The van der Waals surface area contributed by atoms with Gasteiger partial charge in [-0.3, -0.25) is 0 Å². The first kappa shape index (κ1) is 9.06. The average Bonchev–Trinajstić information content (AvgIpc) is 2.51. The minimum Gasteiger partial charge on any atom is -0.467 e. The van der Waals surface area contributed by atoms with Crippen molar-refractivity contribution in [1.82, 2.24) is 4.90 Å². The normalized spacial score (nSPS) is 9.75. The van der Waals surface area contributed by atoms with Crippen LogP contribution in [0.3, 0.4) is 0 Å². The van der Waals surface area contributed by atoms with Crippen molar-refractivity contribution in [3.63, 3.8) is 0 Å². The molecule has 1 rings (SSSR count). The maximum Gasteiger partial charge on any atom is 0.166 e. The van der Waals surface area contributed by atoms with Gasteiger partial charge in [-0.05, 0) is 31.3 Å². The first-order valence-electron chi connectivity index (χ1n) is 3.80. The number of thiocarbonyl (C=S) groups is 1. The molecule has 0 bridgehead atoms. The van der Waals surface area contributed by atoms with Gasteiger partial charge in [0, 0.05) is 6.54 Å². The summed E-state index contributed by atoms with van der Waals surface area (Å²) in [7, 11) is 0. The van der Waals surface area contributed by atoms with E-state index in [2.05, 4.69) is 0 Å². The molecular formula is C8H12N2OS. The third-order valence-electron chi connectivity index (χ3n) is 1.62. The monoisotopic (exact) mass is 184 g/mol. The number of hydrogen-bond donors (Lipinski definition) is 1. The van der Waals surface area contributed by atoms with Gasteiger partial charge < -0.3 is 15.1 Å². The summed E-state index contributed by atoms with van der Waals surface area (Å²) in [4.78, 5) is 1.87. The molecule has 66 valence electrons. The number of rotatable bonds is 3. The molecule has 0 aliphatic carbocycles. The van der Waals surface area contributed by atoms with E-state index in [0.29, 0.717) is 11.7 Å². The van der Waals surface area contributed by atoms with E-state index in [4.69, 9.17) is 22.4 Å². The van der Waals surface area contributed by atoms with E-state index in [1.54, 1.807) is 6.26 Å². The second-order valence-corrected chi connectivity index (χ2v) is 2.85. The lowest BCUT2D eigenvalue weighted by Gasteiger charge is -2.18. The maximum atomic E-state index is 5.48. The van der Waals surface area contributed by atoms with Gasteiger partial charge in [0.1, 0.15) is 5.76 Å². The van der Waals surface area contributed by atoms with E-state index in [1.807, 2.05) is 24.0 Å². The van der Waals surface area contributed by atoms with E-state index in [9.17, 15) is 0 Å². The molecular weight excluding hydrogens is 172 g/mol. The predicted octanol–water partition coefficient (Wildman–Crippen LogP) is 1.35. The first-order valence-corrected chi connectivity index (χ1v) is 4.21. The summed E-state index contributed by atoms with van der Waals surface area (Å²) in [6.45, 7) is 3.46. The first-order chi connectivity index (χ1) is 5.74. The van der Waals surface area contributed by atoms with Crippen molar-refractivity contribution >= 4 is 17.3 Å². The minimum absolute atomic E-state index is 0.411. The zero-order chi connectivity index (χ0) is 8.97. The van der Waals surface area contributed by atoms with Gasteiger partial charge in [-0.15, -0.1) is 0 Å². The molecule has 0 unspecified atom stereocenters. The molecule has 3 nitrogen and oxygen atoms in total. The fourth-order valence-corrected chi connectivity index (χ4v) is 1.13. The highest BCUT2D eigenvalue weighted by molar-refractivity contribution is 7.80. The van der Waals surface area contributed by atoms with Crippen LogP contribution in [-0.2, 0) is 6.54 Å². The maximum absolute atomic E-state index is 5.48. The van der Waals surface area contributed by atoms with Crippen LogP contribution in [0.25, 0.3) is 0 Å². The molecule has 12 heavy (non-hydrogen) atoms. The van der Waals surface area contributed by atoms with E-state index >= 15 is 0 Å². The molecule has 1 heterocycles. The van der Waals surface area contributed by atoms with Gasteiger partial charge in [-0.2, -0.15) is 0 Å². The second-order valence-electron chi connectivity index (χ2n) is 2.43. The summed E-state index contributed by atoms with van der Waals surface area (Å²) >= 11 is 4.85. The second kappa shape index (κ2) is 4.11. The summed E-state index contributed by atoms with van der Waals surface area (Å²) in [5, 5.41) is 0.411. The Balaban J connectivity index is 2.54. The zero-order valence-corrected chi connectivity index (χ0v) is 7.80. The third-order valence-corrected chi connectivity index (χ3v) is 1.88. The topological polar surface area (TPSA) is 42.4 Å². The van der Waals surface area contributed by atoms with Gasteiger partial charge in [-0.1, -0.05) is 0 Å². The molecule has 0 spiro atoms. The van der Waals surface area contributed by atoms with Crippen LogP contribution in [0.2, 0.25) is 0 Å². The number of nitrogens with two attached hydrogens (primary N) is 1.